The fraction of sp³-hybridized carbons (Fsp3) is 0.231. The first-order chi connectivity index (χ1) is 8.65. The fourth-order valence-electron chi connectivity index (χ4n) is 1.98. The minimum absolute atomic E-state index is 0.408. The number of nitrogens with two attached hydrogens (primary N) is 2. The summed E-state index contributed by atoms with van der Waals surface area (Å²) in [5, 5.41) is 0. The maximum atomic E-state index is 11.5. The van der Waals surface area contributed by atoms with Crippen molar-refractivity contribution in [2.24, 2.45) is 5.73 Å². The van der Waals surface area contributed by atoms with E-state index in [2.05, 4.69) is 11.9 Å². The van der Waals surface area contributed by atoms with Crippen LogP contribution in [-0.4, -0.2) is 15.5 Å². The normalized spacial score (nSPS) is 10.5. The number of carbonyl (C=O) groups is 1. The van der Waals surface area contributed by atoms with Crippen molar-refractivity contribution in [3.8, 4) is 5.69 Å². The summed E-state index contributed by atoms with van der Waals surface area (Å²) < 4.78 is 1.83. The highest BCUT2D eigenvalue weighted by Gasteiger charge is 2.15. The van der Waals surface area contributed by atoms with E-state index >= 15 is 0 Å². The molecular weight excluding hydrogens is 228 g/mol. The van der Waals surface area contributed by atoms with Crippen molar-refractivity contribution < 1.29 is 4.79 Å². The molecule has 0 aliphatic carbocycles. The Labute approximate surface area is 105 Å². The van der Waals surface area contributed by atoms with Gasteiger partial charge in [-0.1, -0.05) is 13.0 Å². The van der Waals surface area contributed by atoms with Gasteiger partial charge in [0.2, 0.25) is 0 Å². The number of hydrogen-bond donors (Lipinski definition) is 2. The van der Waals surface area contributed by atoms with Crippen LogP contribution in [0.15, 0.2) is 30.6 Å². The molecule has 2 aromatic rings. The molecule has 0 saturated heterocycles. The number of nitrogens with zero attached hydrogens (tertiary/aromatic N) is 2. The van der Waals surface area contributed by atoms with Gasteiger partial charge in [-0.15, -0.1) is 0 Å². The van der Waals surface area contributed by atoms with E-state index in [1.807, 2.05) is 4.57 Å². The van der Waals surface area contributed by atoms with Gasteiger partial charge in [0, 0.05) is 18.8 Å². The quantitative estimate of drug-likeness (QED) is 0.799. The van der Waals surface area contributed by atoms with Gasteiger partial charge in [-0.3, -0.25) is 4.79 Å². The number of nitrogen functional groups attached to an aromatic ring is 1. The van der Waals surface area contributed by atoms with E-state index in [1.54, 1.807) is 30.6 Å². The van der Waals surface area contributed by atoms with Crippen LogP contribution in [0.5, 0.6) is 0 Å². The lowest BCUT2D eigenvalue weighted by molar-refractivity contribution is 0.100. The standard InChI is InChI=1S/C13H16N4O/c1-2-4-11-16-7-8-17(11)12-9(13(15)18)5-3-6-10(12)14/h3,5-8H,2,4,14H2,1H3,(H2,15,18). The van der Waals surface area contributed by atoms with Gasteiger partial charge < -0.3 is 16.0 Å². The van der Waals surface area contributed by atoms with Gasteiger partial charge in [0.15, 0.2) is 0 Å². The molecule has 94 valence electrons. The molecule has 1 heterocycles. The van der Waals surface area contributed by atoms with Crippen molar-refractivity contribution >= 4 is 11.6 Å². The van der Waals surface area contributed by atoms with Gasteiger partial charge in [0.25, 0.3) is 5.91 Å². The Balaban J connectivity index is 2.62. The van der Waals surface area contributed by atoms with Crippen LogP contribution in [0.1, 0.15) is 29.5 Å². The number of rotatable bonds is 4. The lowest BCUT2D eigenvalue weighted by atomic mass is 10.1. The van der Waals surface area contributed by atoms with Crippen molar-refractivity contribution in [1.82, 2.24) is 9.55 Å². The van der Waals surface area contributed by atoms with Crippen molar-refractivity contribution in [2.45, 2.75) is 19.8 Å². The summed E-state index contributed by atoms with van der Waals surface area (Å²) in [5.74, 6) is 0.381. The third-order valence-electron chi connectivity index (χ3n) is 2.76. The summed E-state index contributed by atoms with van der Waals surface area (Å²) in [7, 11) is 0. The minimum atomic E-state index is -0.492. The maximum absolute atomic E-state index is 11.5. The van der Waals surface area contributed by atoms with Gasteiger partial charge >= 0.3 is 0 Å². The number of imidazole rings is 1. The molecule has 0 spiro atoms. The van der Waals surface area contributed by atoms with E-state index in [0.717, 1.165) is 18.7 Å². The lowest BCUT2D eigenvalue weighted by Gasteiger charge is -2.13. The SMILES string of the molecule is CCCc1nccn1-c1c(N)cccc1C(N)=O. The molecule has 0 saturated carbocycles. The van der Waals surface area contributed by atoms with Gasteiger partial charge in [0.1, 0.15) is 5.82 Å². The van der Waals surface area contributed by atoms with E-state index in [9.17, 15) is 4.79 Å². The van der Waals surface area contributed by atoms with E-state index in [4.69, 9.17) is 11.5 Å². The predicted molar refractivity (Wildman–Crippen MR) is 70.5 cm³/mol. The zero-order chi connectivity index (χ0) is 13.1. The molecule has 0 radical (unpaired) electrons. The Kier molecular flexibility index (Phi) is 3.32. The van der Waals surface area contributed by atoms with Crippen molar-refractivity contribution in [2.75, 3.05) is 5.73 Å². The summed E-state index contributed by atoms with van der Waals surface area (Å²) >= 11 is 0. The lowest BCUT2D eigenvalue weighted by Crippen LogP contribution is -2.16. The van der Waals surface area contributed by atoms with Gasteiger partial charge in [-0.2, -0.15) is 0 Å². The predicted octanol–water partition coefficient (Wildman–Crippen LogP) is 1.51. The van der Waals surface area contributed by atoms with E-state index in [1.165, 1.54) is 0 Å². The van der Waals surface area contributed by atoms with Crippen LogP contribution in [0.25, 0.3) is 5.69 Å². The average molecular weight is 244 g/mol. The maximum Gasteiger partial charge on any atom is 0.250 e. The highest BCUT2D eigenvalue weighted by atomic mass is 16.1. The number of aryl methyl sites for hydroxylation is 1. The minimum Gasteiger partial charge on any atom is -0.397 e. The molecular formula is C13H16N4O. The van der Waals surface area contributed by atoms with Crippen LogP contribution in [0.4, 0.5) is 5.69 Å². The zero-order valence-corrected chi connectivity index (χ0v) is 10.3. The molecule has 4 N–H and O–H groups in total. The Morgan fingerprint density at radius 2 is 2.22 bits per heavy atom. The average Bonchev–Trinajstić information content (AvgIpc) is 2.77. The van der Waals surface area contributed by atoms with E-state index in [-0.39, 0.29) is 0 Å². The number of aromatic nitrogens is 2. The smallest absolute Gasteiger partial charge is 0.250 e. The first kappa shape index (κ1) is 12.2. The van der Waals surface area contributed by atoms with E-state index in [0.29, 0.717) is 16.9 Å². The van der Waals surface area contributed by atoms with Crippen LogP contribution < -0.4 is 11.5 Å². The fourth-order valence-corrected chi connectivity index (χ4v) is 1.98. The van der Waals surface area contributed by atoms with Crippen LogP contribution >= 0.6 is 0 Å². The van der Waals surface area contributed by atoms with Gasteiger partial charge in [-0.25, -0.2) is 4.98 Å². The molecule has 0 aliphatic rings. The Morgan fingerprint density at radius 3 is 2.89 bits per heavy atom. The Morgan fingerprint density at radius 1 is 1.44 bits per heavy atom. The Bertz CT molecular complexity index is 574. The number of benzene rings is 1. The second-order valence-corrected chi connectivity index (χ2v) is 4.07. The first-order valence-corrected chi connectivity index (χ1v) is 5.86. The van der Waals surface area contributed by atoms with Crippen LogP contribution in [0, 0.1) is 0 Å². The molecule has 5 heteroatoms. The number of amides is 1. The third-order valence-corrected chi connectivity index (χ3v) is 2.76. The van der Waals surface area contributed by atoms with Gasteiger partial charge in [0.05, 0.1) is 16.9 Å². The monoisotopic (exact) mass is 244 g/mol. The molecule has 1 amide bonds. The molecule has 0 bridgehead atoms. The molecule has 5 nitrogen and oxygen atoms in total. The second kappa shape index (κ2) is 4.91. The van der Waals surface area contributed by atoms with Crippen molar-refractivity contribution in [3.05, 3.63) is 42.0 Å². The highest BCUT2D eigenvalue weighted by molar-refractivity contribution is 5.98. The van der Waals surface area contributed by atoms with Gasteiger partial charge in [-0.05, 0) is 18.6 Å². The molecule has 1 aromatic carbocycles. The topological polar surface area (TPSA) is 86.9 Å². The van der Waals surface area contributed by atoms with Crippen LogP contribution in [0.3, 0.4) is 0 Å². The summed E-state index contributed by atoms with van der Waals surface area (Å²) in [6.07, 6.45) is 5.28. The molecule has 0 aliphatic heterocycles. The van der Waals surface area contributed by atoms with Crippen LogP contribution in [0.2, 0.25) is 0 Å². The van der Waals surface area contributed by atoms with Crippen LogP contribution in [-0.2, 0) is 6.42 Å². The molecule has 0 fully saturated rings. The summed E-state index contributed by atoms with van der Waals surface area (Å²) in [6.45, 7) is 2.07. The third kappa shape index (κ3) is 2.07. The number of hydrogen-bond acceptors (Lipinski definition) is 3. The number of primary amides is 1. The zero-order valence-electron chi connectivity index (χ0n) is 10.3. The molecule has 0 atom stereocenters. The highest BCUT2D eigenvalue weighted by Crippen LogP contribution is 2.23. The van der Waals surface area contributed by atoms with Crippen molar-refractivity contribution in [3.63, 3.8) is 0 Å². The molecule has 1 aromatic heterocycles. The number of carbonyl (C=O) groups excluding carboxylic acids is 1. The molecule has 18 heavy (non-hydrogen) atoms. The number of para-hydroxylation sites is 1. The second-order valence-electron chi connectivity index (χ2n) is 4.07. The summed E-state index contributed by atoms with van der Waals surface area (Å²) in [4.78, 5) is 15.8. The molecule has 2 rings (SSSR count). The summed E-state index contributed by atoms with van der Waals surface area (Å²) in [5.41, 5.74) is 12.9. The summed E-state index contributed by atoms with van der Waals surface area (Å²) in [6, 6.07) is 5.14. The first-order valence-electron chi connectivity index (χ1n) is 5.86. The van der Waals surface area contributed by atoms with Crippen molar-refractivity contribution in [1.29, 1.82) is 0 Å². The molecule has 0 unspecified atom stereocenters. The Hall–Kier alpha value is -2.30. The van der Waals surface area contributed by atoms with E-state index < -0.39 is 5.91 Å². The largest absolute Gasteiger partial charge is 0.397 e. The number of anilines is 1.